The number of nitrogens with zero attached hydrogens (tertiary/aromatic N) is 2. The molecule has 0 radical (unpaired) electrons. The molecule has 2 aromatic rings. The van der Waals surface area contributed by atoms with Crippen molar-refractivity contribution in [2.24, 2.45) is 0 Å². The lowest BCUT2D eigenvalue weighted by Gasteiger charge is -2.01. The highest BCUT2D eigenvalue weighted by Gasteiger charge is 2.07. The lowest BCUT2D eigenvalue weighted by atomic mass is 10.1. The second kappa shape index (κ2) is 7.88. The van der Waals surface area contributed by atoms with Crippen LogP contribution in [-0.2, 0) is 6.42 Å². The molecule has 2 heterocycles. The Bertz CT molecular complexity index is 522. The van der Waals surface area contributed by atoms with E-state index in [1.54, 1.807) is 6.20 Å². The van der Waals surface area contributed by atoms with E-state index < -0.39 is 0 Å². The first-order valence-corrected chi connectivity index (χ1v) is 7.71. The van der Waals surface area contributed by atoms with Gasteiger partial charge in [-0.05, 0) is 18.9 Å². The van der Waals surface area contributed by atoms with Gasteiger partial charge >= 0.3 is 6.01 Å². The standard InChI is InChI=1S/C16H24N2O2/c1-3-5-7-8-9-14-11-13-12-17-16(18-15(13)20-14)19-10-6-4-2/h11-12H,3-10H2,1-2H3. The minimum absolute atomic E-state index is 0.415. The second-order valence-corrected chi connectivity index (χ2v) is 5.14. The summed E-state index contributed by atoms with van der Waals surface area (Å²) in [5.41, 5.74) is 0.636. The Morgan fingerprint density at radius 3 is 2.75 bits per heavy atom. The van der Waals surface area contributed by atoms with Gasteiger partial charge in [-0.15, -0.1) is 0 Å². The summed E-state index contributed by atoms with van der Waals surface area (Å²) in [4.78, 5) is 8.52. The zero-order chi connectivity index (χ0) is 14.2. The molecule has 0 unspecified atom stereocenters. The minimum atomic E-state index is 0.415. The first-order valence-electron chi connectivity index (χ1n) is 7.71. The summed E-state index contributed by atoms with van der Waals surface area (Å²) < 4.78 is 11.3. The van der Waals surface area contributed by atoms with E-state index in [0.717, 1.165) is 30.4 Å². The van der Waals surface area contributed by atoms with Gasteiger partial charge in [-0.25, -0.2) is 4.98 Å². The number of furan rings is 1. The molecular weight excluding hydrogens is 252 g/mol. The number of aromatic nitrogens is 2. The van der Waals surface area contributed by atoms with Crippen LogP contribution in [0.4, 0.5) is 0 Å². The quantitative estimate of drug-likeness (QED) is 0.631. The van der Waals surface area contributed by atoms with Gasteiger partial charge in [0, 0.05) is 12.6 Å². The predicted octanol–water partition coefficient (Wildman–Crippen LogP) is 4.52. The summed E-state index contributed by atoms with van der Waals surface area (Å²) in [6.45, 7) is 5.01. The van der Waals surface area contributed by atoms with Gasteiger partial charge < -0.3 is 9.15 Å². The maximum atomic E-state index is 5.76. The smallest absolute Gasteiger partial charge is 0.319 e. The van der Waals surface area contributed by atoms with Gasteiger partial charge in [-0.1, -0.05) is 39.5 Å². The minimum Gasteiger partial charge on any atom is -0.463 e. The van der Waals surface area contributed by atoms with Crippen LogP contribution >= 0.6 is 0 Å². The molecule has 0 aliphatic heterocycles. The average Bonchev–Trinajstić information content (AvgIpc) is 2.86. The monoisotopic (exact) mass is 276 g/mol. The van der Waals surface area contributed by atoms with E-state index in [-0.39, 0.29) is 0 Å². The predicted molar refractivity (Wildman–Crippen MR) is 80.1 cm³/mol. The summed E-state index contributed by atoms with van der Waals surface area (Å²) in [7, 11) is 0. The molecule has 0 amide bonds. The van der Waals surface area contributed by atoms with Crippen LogP contribution in [0.2, 0.25) is 0 Å². The van der Waals surface area contributed by atoms with Gasteiger partial charge in [0.05, 0.1) is 12.0 Å². The van der Waals surface area contributed by atoms with Crippen molar-refractivity contribution in [3.05, 3.63) is 18.0 Å². The number of rotatable bonds is 9. The maximum absolute atomic E-state index is 5.76. The number of ether oxygens (including phenoxy) is 1. The molecule has 0 N–H and O–H groups in total. The number of fused-ring (bicyclic) bond motifs is 1. The molecule has 0 saturated heterocycles. The molecule has 0 fully saturated rings. The van der Waals surface area contributed by atoms with Crippen molar-refractivity contribution in [2.75, 3.05) is 6.61 Å². The van der Waals surface area contributed by atoms with Crippen molar-refractivity contribution in [2.45, 2.75) is 58.8 Å². The highest BCUT2D eigenvalue weighted by atomic mass is 16.5. The molecule has 4 heteroatoms. The van der Waals surface area contributed by atoms with Crippen LogP contribution in [0.25, 0.3) is 11.1 Å². The van der Waals surface area contributed by atoms with Gasteiger partial charge in [-0.3, -0.25) is 0 Å². The third kappa shape index (κ3) is 4.22. The van der Waals surface area contributed by atoms with Gasteiger partial charge in [0.2, 0.25) is 5.71 Å². The second-order valence-electron chi connectivity index (χ2n) is 5.14. The molecule has 0 spiro atoms. The van der Waals surface area contributed by atoms with Crippen LogP contribution in [0.3, 0.4) is 0 Å². The number of hydrogen-bond acceptors (Lipinski definition) is 4. The summed E-state index contributed by atoms with van der Waals surface area (Å²) in [6.07, 6.45) is 9.84. The summed E-state index contributed by atoms with van der Waals surface area (Å²) in [5, 5.41) is 0.957. The molecule has 20 heavy (non-hydrogen) atoms. The largest absolute Gasteiger partial charge is 0.463 e. The SMILES string of the molecule is CCCCCCc1cc2cnc(OCCCC)nc2o1. The Kier molecular flexibility index (Phi) is 5.84. The molecular formula is C16H24N2O2. The van der Waals surface area contributed by atoms with E-state index in [2.05, 4.69) is 23.8 Å². The molecule has 110 valence electrons. The summed E-state index contributed by atoms with van der Waals surface area (Å²) in [6, 6.07) is 2.45. The highest BCUT2D eigenvalue weighted by molar-refractivity contribution is 5.73. The van der Waals surface area contributed by atoms with Crippen LogP contribution in [0.5, 0.6) is 6.01 Å². The fourth-order valence-electron chi connectivity index (χ4n) is 2.09. The molecule has 0 atom stereocenters. The Morgan fingerprint density at radius 2 is 1.95 bits per heavy atom. The fourth-order valence-corrected chi connectivity index (χ4v) is 2.09. The third-order valence-corrected chi connectivity index (χ3v) is 3.31. The Morgan fingerprint density at radius 1 is 1.10 bits per heavy atom. The molecule has 0 aromatic carbocycles. The Hall–Kier alpha value is -1.58. The lowest BCUT2D eigenvalue weighted by molar-refractivity contribution is 0.285. The van der Waals surface area contributed by atoms with Crippen LogP contribution in [-0.4, -0.2) is 16.6 Å². The molecule has 0 saturated carbocycles. The van der Waals surface area contributed by atoms with Gasteiger partial charge in [0.25, 0.3) is 0 Å². The van der Waals surface area contributed by atoms with Crippen molar-refractivity contribution < 1.29 is 9.15 Å². The molecule has 0 aliphatic carbocycles. The lowest BCUT2D eigenvalue weighted by Crippen LogP contribution is -2.00. The van der Waals surface area contributed by atoms with Crippen molar-refractivity contribution in [3.8, 4) is 6.01 Å². The molecule has 0 aliphatic rings. The van der Waals surface area contributed by atoms with E-state index in [9.17, 15) is 0 Å². The average molecular weight is 276 g/mol. The van der Waals surface area contributed by atoms with Crippen molar-refractivity contribution in [1.29, 1.82) is 0 Å². The Labute approximate surface area is 120 Å². The van der Waals surface area contributed by atoms with Crippen LogP contribution in [0.15, 0.2) is 16.7 Å². The number of unbranched alkanes of at least 4 members (excludes halogenated alkanes) is 4. The van der Waals surface area contributed by atoms with E-state index >= 15 is 0 Å². The van der Waals surface area contributed by atoms with E-state index in [1.807, 2.05) is 6.07 Å². The Balaban J connectivity index is 1.94. The van der Waals surface area contributed by atoms with Gasteiger partial charge in [0.15, 0.2) is 0 Å². The molecule has 4 nitrogen and oxygen atoms in total. The normalized spacial score (nSPS) is 11.1. The first kappa shape index (κ1) is 14.8. The topological polar surface area (TPSA) is 48.2 Å². The van der Waals surface area contributed by atoms with Gasteiger partial charge in [-0.2, -0.15) is 4.98 Å². The van der Waals surface area contributed by atoms with Crippen LogP contribution in [0, 0.1) is 0 Å². The van der Waals surface area contributed by atoms with Crippen molar-refractivity contribution in [1.82, 2.24) is 9.97 Å². The van der Waals surface area contributed by atoms with Crippen molar-refractivity contribution >= 4 is 11.1 Å². The summed E-state index contributed by atoms with van der Waals surface area (Å²) in [5.74, 6) is 0.996. The number of hydrogen-bond donors (Lipinski definition) is 0. The molecule has 2 aromatic heterocycles. The van der Waals surface area contributed by atoms with E-state index in [4.69, 9.17) is 9.15 Å². The molecule has 0 bridgehead atoms. The van der Waals surface area contributed by atoms with E-state index in [0.29, 0.717) is 18.3 Å². The van der Waals surface area contributed by atoms with E-state index in [1.165, 1.54) is 25.7 Å². The zero-order valence-electron chi connectivity index (χ0n) is 12.5. The zero-order valence-corrected chi connectivity index (χ0v) is 12.5. The fraction of sp³-hybridized carbons (Fsp3) is 0.625. The van der Waals surface area contributed by atoms with Crippen LogP contribution in [0.1, 0.15) is 58.1 Å². The highest BCUT2D eigenvalue weighted by Crippen LogP contribution is 2.20. The van der Waals surface area contributed by atoms with Crippen molar-refractivity contribution in [3.63, 3.8) is 0 Å². The third-order valence-electron chi connectivity index (χ3n) is 3.31. The first-order chi connectivity index (χ1) is 9.83. The maximum Gasteiger partial charge on any atom is 0.319 e. The van der Waals surface area contributed by atoms with Gasteiger partial charge in [0.1, 0.15) is 5.76 Å². The summed E-state index contributed by atoms with van der Waals surface area (Å²) >= 11 is 0. The number of aryl methyl sites for hydroxylation is 1. The molecule has 2 rings (SSSR count). The van der Waals surface area contributed by atoms with Crippen LogP contribution < -0.4 is 4.74 Å².